The second kappa shape index (κ2) is 8.43. The number of nitrogens with zero attached hydrogens (tertiary/aromatic N) is 1. The van der Waals surface area contributed by atoms with E-state index >= 15 is 0 Å². The molecule has 1 amide bonds. The van der Waals surface area contributed by atoms with Gasteiger partial charge >= 0.3 is 5.97 Å². The number of carbonyl (C=O) groups excluding carboxylic acids is 2. The van der Waals surface area contributed by atoms with Gasteiger partial charge in [-0.05, 0) is 62.2 Å². The maximum absolute atomic E-state index is 12.8. The third kappa shape index (κ3) is 5.10. The molecule has 1 N–H and O–H groups in total. The molecule has 0 aliphatic heterocycles. The minimum Gasteiger partial charge on any atom is -0.465 e. The smallest absolute Gasteiger partial charge is 0.337 e. The molecule has 0 saturated heterocycles. The summed E-state index contributed by atoms with van der Waals surface area (Å²) in [5.74, 6) is -1.05. The van der Waals surface area contributed by atoms with Gasteiger partial charge in [0.25, 0.3) is 0 Å². The number of hydrogen-bond donors (Lipinski definition) is 1. The minimum atomic E-state index is -3.72. The van der Waals surface area contributed by atoms with E-state index in [1.54, 1.807) is 30.3 Å². The van der Waals surface area contributed by atoms with Crippen LogP contribution in [0.3, 0.4) is 0 Å². The number of ether oxygens (including phenoxy) is 1. The van der Waals surface area contributed by atoms with Gasteiger partial charge in [0.05, 0.1) is 24.6 Å². The monoisotopic (exact) mass is 404 g/mol. The summed E-state index contributed by atoms with van der Waals surface area (Å²) in [6.45, 7) is 5.23. The highest BCUT2D eigenvalue weighted by molar-refractivity contribution is 7.92. The predicted molar refractivity (Wildman–Crippen MR) is 109 cm³/mol. The van der Waals surface area contributed by atoms with Crippen molar-refractivity contribution in [2.24, 2.45) is 0 Å². The first-order valence-corrected chi connectivity index (χ1v) is 10.4. The van der Waals surface area contributed by atoms with Gasteiger partial charge in [-0.3, -0.25) is 9.10 Å². The van der Waals surface area contributed by atoms with Crippen LogP contribution in [0.2, 0.25) is 0 Å². The minimum absolute atomic E-state index is 0.280. The molecule has 0 aliphatic carbocycles. The first kappa shape index (κ1) is 21.4. The largest absolute Gasteiger partial charge is 0.465 e. The van der Waals surface area contributed by atoms with Crippen molar-refractivity contribution in [1.29, 1.82) is 0 Å². The fourth-order valence-corrected chi connectivity index (χ4v) is 4.13. The lowest BCUT2D eigenvalue weighted by Crippen LogP contribution is -2.45. The molecule has 0 aliphatic rings. The Morgan fingerprint density at radius 1 is 1.07 bits per heavy atom. The van der Waals surface area contributed by atoms with E-state index in [4.69, 9.17) is 0 Å². The van der Waals surface area contributed by atoms with Crippen LogP contribution in [0.4, 0.5) is 11.4 Å². The van der Waals surface area contributed by atoms with Gasteiger partial charge in [-0.1, -0.05) is 12.1 Å². The summed E-state index contributed by atoms with van der Waals surface area (Å²) in [6, 6.07) is 10.6. The van der Waals surface area contributed by atoms with Crippen LogP contribution >= 0.6 is 0 Å². The van der Waals surface area contributed by atoms with Crippen molar-refractivity contribution in [1.82, 2.24) is 0 Å². The van der Waals surface area contributed by atoms with Crippen LogP contribution in [0.5, 0.6) is 0 Å². The number of benzene rings is 2. The topological polar surface area (TPSA) is 92.8 Å². The molecule has 0 spiro atoms. The maximum Gasteiger partial charge on any atom is 0.337 e. The molecular weight excluding hydrogens is 380 g/mol. The van der Waals surface area contributed by atoms with Gasteiger partial charge < -0.3 is 10.1 Å². The summed E-state index contributed by atoms with van der Waals surface area (Å²) in [7, 11) is -2.45. The van der Waals surface area contributed by atoms with Gasteiger partial charge in [-0.2, -0.15) is 0 Å². The van der Waals surface area contributed by atoms with Crippen molar-refractivity contribution >= 4 is 33.3 Å². The van der Waals surface area contributed by atoms with Crippen LogP contribution in [0.15, 0.2) is 42.5 Å². The van der Waals surface area contributed by atoms with Crippen molar-refractivity contribution in [2.75, 3.05) is 23.0 Å². The SMILES string of the molecule is COC(=O)c1cccc(NC(=O)[C@@H](C)N(c2cc(C)cc(C)c2)S(C)(=O)=O)c1. The summed E-state index contributed by atoms with van der Waals surface area (Å²) in [5, 5.41) is 2.66. The van der Waals surface area contributed by atoms with Crippen LogP contribution < -0.4 is 9.62 Å². The second-order valence-electron chi connectivity index (χ2n) is 6.64. The number of esters is 1. The Morgan fingerprint density at radius 3 is 2.21 bits per heavy atom. The Hall–Kier alpha value is -2.87. The number of nitrogens with one attached hydrogen (secondary N) is 1. The Kier molecular flexibility index (Phi) is 6.45. The number of carbonyl (C=O) groups is 2. The molecule has 2 aromatic rings. The van der Waals surface area contributed by atoms with Crippen molar-refractivity contribution in [2.45, 2.75) is 26.8 Å². The summed E-state index contributed by atoms with van der Waals surface area (Å²) >= 11 is 0. The zero-order valence-electron chi connectivity index (χ0n) is 16.5. The first-order valence-electron chi connectivity index (χ1n) is 8.60. The van der Waals surface area contributed by atoms with Crippen molar-refractivity contribution < 1.29 is 22.7 Å². The number of aryl methyl sites for hydroxylation is 2. The van der Waals surface area contributed by atoms with Gasteiger partial charge in [0.1, 0.15) is 6.04 Å². The fourth-order valence-electron chi connectivity index (χ4n) is 2.98. The van der Waals surface area contributed by atoms with Crippen LogP contribution in [-0.2, 0) is 19.6 Å². The third-order valence-electron chi connectivity index (χ3n) is 4.10. The normalized spacial score (nSPS) is 12.2. The van der Waals surface area contributed by atoms with E-state index in [1.807, 2.05) is 19.9 Å². The van der Waals surface area contributed by atoms with E-state index in [1.165, 1.54) is 20.1 Å². The van der Waals surface area contributed by atoms with E-state index in [9.17, 15) is 18.0 Å². The summed E-state index contributed by atoms with van der Waals surface area (Å²) < 4.78 is 30.6. The third-order valence-corrected chi connectivity index (χ3v) is 5.34. The van der Waals surface area contributed by atoms with Gasteiger partial charge in [-0.25, -0.2) is 13.2 Å². The van der Waals surface area contributed by atoms with E-state index in [-0.39, 0.29) is 5.56 Å². The predicted octanol–water partition coefficient (Wildman–Crippen LogP) is 2.88. The molecule has 2 aromatic carbocycles. The zero-order chi connectivity index (χ0) is 21.1. The number of methoxy groups -OCH3 is 1. The molecule has 150 valence electrons. The molecule has 0 heterocycles. The van der Waals surface area contributed by atoms with Gasteiger partial charge in [0, 0.05) is 5.69 Å². The number of anilines is 2. The van der Waals surface area contributed by atoms with Gasteiger partial charge in [0.15, 0.2) is 0 Å². The number of rotatable bonds is 6. The number of sulfonamides is 1. The molecular formula is C20H24N2O5S. The summed E-state index contributed by atoms with van der Waals surface area (Å²) in [5.41, 5.74) is 2.85. The molecule has 0 bridgehead atoms. The van der Waals surface area contributed by atoms with Crippen LogP contribution in [0.1, 0.15) is 28.4 Å². The lowest BCUT2D eigenvalue weighted by molar-refractivity contribution is -0.116. The molecule has 0 unspecified atom stereocenters. The molecule has 28 heavy (non-hydrogen) atoms. The Morgan fingerprint density at radius 2 is 1.68 bits per heavy atom. The Bertz CT molecular complexity index is 981. The summed E-state index contributed by atoms with van der Waals surface area (Å²) in [6.07, 6.45) is 1.06. The van der Waals surface area contributed by atoms with Crippen LogP contribution in [0.25, 0.3) is 0 Å². The average Bonchev–Trinajstić information content (AvgIpc) is 2.59. The number of amides is 1. The van der Waals surface area contributed by atoms with E-state index in [2.05, 4.69) is 10.1 Å². The quantitative estimate of drug-likeness (QED) is 0.748. The van der Waals surface area contributed by atoms with Crippen LogP contribution in [0, 0.1) is 13.8 Å². The highest BCUT2D eigenvalue weighted by atomic mass is 32.2. The lowest BCUT2D eigenvalue weighted by atomic mass is 10.1. The Labute approximate surface area is 165 Å². The molecule has 0 radical (unpaired) electrons. The average molecular weight is 404 g/mol. The standard InChI is InChI=1S/C20H24N2O5S/c1-13-9-14(2)11-18(10-13)22(28(5,25)26)15(3)19(23)21-17-8-6-7-16(12-17)20(24)27-4/h6-12,15H,1-5H3,(H,21,23)/t15-/m1/s1. The molecule has 0 fully saturated rings. The Balaban J connectivity index is 2.33. The number of hydrogen-bond acceptors (Lipinski definition) is 5. The zero-order valence-corrected chi connectivity index (χ0v) is 17.3. The van der Waals surface area contributed by atoms with E-state index < -0.39 is 27.9 Å². The second-order valence-corrected chi connectivity index (χ2v) is 8.50. The lowest BCUT2D eigenvalue weighted by Gasteiger charge is -2.28. The van der Waals surface area contributed by atoms with E-state index in [0.717, 1.165) is 21.7 Å². The fraction of sp³-hybridized carbons (Fsp3) is 0.300. The van der Waals surface area contributed by atoms with Crippen LogP contribution in [-0.4, -0.2) is 39.7 Å². The van der Waals surface area contributed by atoms with Gasteiger partial charge in [-0.15, -0.1) is 0 Å². The molecule has 0 aromatic heterocycles. The van der Waals surface area contributed by atoms with Crippen molar-refractivity contribution in [3.05, 3.63) is 59.2 Å². The molecule has 8 heteroatoms. The van der Waals surface area contributed by atoms with E-state index in [0.29, 0.717) is 11.4 Å². The maximum atomic E-state index is 12.8. The molecule has 1 atom stereocenters. The van der Waals surface area contributed by atoms with Crippen molar-refractivity contribution in [3.8, 4) is 0 Å². The summed E-state index contributed by atoms with van der Waals surface area (Å²) in [4.78, 5) is 24.4. The molecule has 7 nitrogen and oxygen atoms in total. The molecule has 0 saturated carbocycles. The first-order chi connectivity index (χ1) is 13.0. The molecule has 2 rings (SSSR count). The van der Waals surface area contributed by atoms with Gasteiger partial charge in [0.2, 0.25) is 15.9 Å². The highest BCUT2D eigenvalue weighted by Crippen LogP contribution is 2.24. The van der Waals surface area contributed by atoms with Crippen molar-refractivity contribution in [3.63, 3.8) is 0 Å². The highest BCUT2D eigenvalue weighted by Gasteiger charge is 2.29.